The second-order valence-electron chi connectivity index (χ2n) is 4.34. The molecule has 0 saturated carbocycles. The number of nitrogens with zero attached hydrogens (tertiary/aromatic N) is 3. The van der Waals surface area contributed by atoms with Gasteiger partial charge in [-0.3, -0.25) is 0 Å². The molecule has 1 aromatic heterocycles. The zero-order valence-electron chi connectivity index (χ0n) is 11.2. The van der Waals surface area contributed by atoms with Crippen molar-refractivity contribution in [2.24, 2.45) is 7.05 Å². The minimum absolute atomic E-state index is 0.153. The van der Waals surface area contributed by atoms with Crippen molar-refractivity contribution in [2.75, 3.05) is 11.9 Å². The second kappa shape index (κ2) is 6.17. The highest BCUT2D eigenvalue weighted by atomic mass is 32.2. The lowest BCUT2D eigenvalue weighted by Gasteiger charge is -2.11. The van der Waals surface area contributed by atoms with E-state index in [1.54, 1.807) is 24.0 Å². The molecule has 0 unspecified atom stereocenters. The fourth-order valence-corrected chi connectivity index (χ4v) is 2.71. The van der Waals surface area contributed by atoms with E-state index in [4.69, 9.17) is 0 Å². The van der Waals surface area contributed by atoms with E-state index in [1.165, 1.54) is 12.1 Å². The van der Waals surface area contributed by atoms with Gasteiger partial charge in [0.1, 0.15) is 12.2 Å². The fourth-order valence-electron chi connectivity index (χ4n) is 1.80. The number of halogens is 2. The summed E-state index contributed by atoms with van der Waals surface area (Å²) in [5, 5.41) is 10.4. The maximum Gasteiger partial charge on any atom is 0.341 e. The monoisotopic (exact) mass is 316 g/mol. The zero-order chi connectivity index (χ0) is 15.5. The maximum atomic E-state index is 12.6. The number of hydrogen-bond donors (Lipinski definition) is 1. The maximum absolute atomic E-state index is 12.6. The lowest BCUT2D eigenvalue weighted by atomic mass is 10.3. The van der Waals surface area contributed by atoms with Crippen LogP contribution in [0.2, 0.25) is 0 Å². The molecule has 0 radical (unpaired) electrons. The first-order valence-corrected chi connectivity index (χ1v) is 7.65. The molecule has 1 heterocycles. The van der Waals surface area contributed by atoms with Crippen LogP contribution in [-0.4, -0.2) is 35.5 Å². The van der Waals surface area contributed by atoms with Crippen LogP contribution in [0.3, 0.4) is 0 Å². The largest absolute Gasteiger partial charge is 0.384 e. The highest BCUT2D eigenvalue weighted by Crippen LogP contribution is 2.25. The van der Waals surface area contributed by atoms with Crippen LogP contribution in [-0.2, 0) is 23.3 Å². The fraction of sp³-hybridized carbons (Fsp3) is 0.333. The van der Waals surface area contributed by atoms with E-state index in [1.807, 2.05) is 0 Å². The molecule has 2 rings (SSSR count). The van der Waals surface area contributed by atoms with E-state index in [2.05, 4.69) is 15.5 Å². The summed E-state index contributed by atoms with van der Waals surface area (Å²) in [7, 11) is -2.85. The summed E-state index contributed by atoms with van der Waals surface area (Å²) >= 11 is 0. The third-order valence-corrected chi connectivity index (χ3v) is 4.34. The van der Waals surface area contributed by atoms with Gasteiger partial charge in [-0.25, -0.2) is 8.42 Å². The van der Waals surface area contributed by atoms with Crippen molar-refractivity contribution in [3.8, 4) is 0 Å². The van der Waals surface area contributed by atoms with Crippen molar-refractivity contribution < 1.29 is 17.2 Å². The molecular formula is C12H14F2N4O2S. The Kier molecular flexibility index (Phi) is 4.51. The molecule has 114 valence electrons. The Hall–Kier alpha value is -2.03. The Balaban J connectivity index is 2.13. The van der Waals surface area contributed by atoms with E-state index in [0.717, 1.165) is 6.07 Å². The molecule has 0 spiro atoms. The summed E-state index contributed by atoms with van der Waals surface area (Å²) in [5.74, 6) is -2.74. The average molecular weight is 316 g/mol. The Bertz CT molecular complexity index is 716. The third kappa shape index (κ3) is 3.35. The van der Waals surface area contributed by atoms with Crippen LogP contribution in [0, 0.1) is 0 Å². The predicted molar refractivity (Wildman–Crippen MR) is 72.8 cm³/mol. The minimum atomic E-state index is -4.63. The summed E-state index contributed by atoms with van der Waals surface area (Å²) in [6.45, 7) is 0.350. The molecule has 0 aliphatic heterocycles. The number of hydrogen-bond acceptors (Lipinski definition) is 5. The lowest BCUT2D eigenvalue weighted by molar-refractivity contribution is 0.235. The van der Waals surface area contributed by atoms with Gasteiger partial charge in [0.05, 0.1) is 10.6 Å². The number of aryl methyl sites for hydroxylation is 1. The first-order valence-electron chi connectivity index (χ1n) is 6.10. The predicted octanol–water partition coefficient (Wildman–Crippen LogP) is 1.47. The van der Waals surface area contributed by atoms with Crippen molar-refractivity contribution in [2.45, 2.75) is 17.1 Å². The quantitative estimate of drug-likeness (QED) is 0.873. The van der Waals surface area contributed by atoms with E-state index in [-0.39, 0.29) is 5.69 Å². The Morgan fingerprint density at radius 3 is 2.67 bits per heavy atom. The molecule has 0 amide bonds. The van der Waals surface area contributed by atoms with Gasteiger partial charge in [-0.05, 0) is 12.1 Å². The van der Waals surface area contributed by atoms with E-state index < -0.39 is 20.5 Å². The summed E-state index contributed by atoms with van der Waals surface area (Å²) in [4.78, 5) is -0.405. The van der Waals surface area contributed by atoms with Crippen LogP contribution in [0.25, 0.3) is 0 Å². The molecule has 1 N–H and O–H groups in total. The summed E-state index contributed by atoms with van der Waals surface area (Å²) in [5.41, 5.74) is 0.153. The number of anilines is 1. The first kappa shape index (κ1) is 15.4. The molecule has 0 fully saturated rings. The molecule has 0 atom stereocenters. The summed E-state index contributed by atoms with van der Waals surface area (Å²) < 4.78 is 50.2. The van der Waals surface area contributed by atoms with Gasteiger partial charge < -0.3 is 9.88 Å². The molecule has 21 heavy (non-hydrogen) atoms. The molecule has 6 nitrogen and oxygen atoms in total. The van der Waals surface area contributed by atoms with Crippen LogP contribution in [0.4, 0.5) is 14.5 Å². The van der Waals surface area contributed by atoms with Crippen molar-refractivity contribution in [3.05, 3.63) is 36.4 Å². The Morgan fingerprint density at radius 2 is 2.05 bits per heavy atom. The second-order valence-corrected chi connectivity index (χ2v) is 6.22. The normalized spacial score (nSPS) is 11.8. The van der Waals surface area contributed by atoms with Crippen molar-refractivity contribution >= 4 is 15.5 Å². The van der Waals surface area contributed by atoms with E-state index in [9.17, 15) is 17.2 Å². The lowest BCUT2D eigenvalue weighted by Crippen LogP contribution is -2.15. The van der Waals surface area contributed by atoms with Gasteiger partial charge in [-0.2, -0.15) is 8.78 Å². The van der Waals surface area contributed by atoms with Gasteiger partial charge in [0.25, 0.3) is 0 Å². The highest BCUT2D eigenvalue weighted by molar-refractivity contribution is 7.91. The third-order valence-electron chi connectivity index (χ3n) is 2.90. The molecule has 0 aliphatic rings. The number of sulfone groups is 1. The van der Waals surface area contributed by atoms with Crippen LogP contribution in [0.15, 0.2) is 35.5 Å². The standard InChI is InChI=1S/C12H14F2N4O2S/c1-18-8-16-17-11(18)6-7-15-9-4-2-3-5-10(9)21(19,20)12(13)14/h2-5,8,12,15H,6-7H2,1H3. The van der Waals surface area contributed by atoms with Gasteiger partial charge in [-0.1, -0.05) is 12.1 Å². The molecule has 9 heteroatoms. The van der Waals surface area contributed by atoms with Gasteiger partial charge in [-0.15, -0.1) is 10.2 Å². The topological polar surface area (TPSA) is 76.9 Å². The number of benzene rings is 1. The van der Waals surface area contributed by atoms with Gasteiger partial charge in [0, 0.05) is 20.0 Å². The van der Waals surface area contributed by atoms with Gasteiger partial charge >= 0.3 is 5.76 Å². The number of aromatic nitrogens is 3. The number of rotatable bonds is 6. The number of alkyl halides is 2. The van der Waals surface area contributed by atoms with Crippen LogP contribution in [0.1, 0.15) is 5.82 Å². The number of para-hydroxylation sites is 1. The average Bonchev–Trinajstić information content (AvgIpc) is 2.85. The number of nitrogens with one attached hydrogen (secondary N) is 1. The molecule has 0 saturated heterocycles. The SMILES string of the molecule is Cn1cnnc1CCNc1ccccc1S(=O)(=O)C(F)F. The molecule has 0 bridgehead atoms. The van der Waals surface area contributed by atoms with E-state index in [0.29, 0.717) is 18.8 Å². The Morgan fingerprint density at radius 1 is 1.33 bits per heavy atom. The van der Waals surface area contributed by atoms with Crippen molar-refractivity contribution in [3.63, 3.8) is 0 Å². The van der Waals surface area contributed by atoms with Crippen LogP contribution < -0.4 is 5.32 Å². The zero-order valence-corrected chi connectivity index (χ0v) is 12.0. The summed E-state index contributed by atoms with van der Waals surface area (Å²) in [6, 6.07) is 5.59. The van der Waals surface area contributed by atoms with Crippen LogP contribution in [0.5, 0.6) is 0 Å². The first-order chi connectivity index (χ1) is 9.93. The van der Waals surface area contributed by atoms with Gasteiger partial charge in [0.2, 0.25) is 9.84 Å². The van der Waals surface area contributed by atoms with Crippen molar-refractivity contribution in [1.29, 1.82) is 0 Å². The van der Waals surface area contributed by atoms with Crippen molar-refractivity contribution in [1.82, 2.24) is 14.8 Å². The van der Waals surface area contributed by atoms with Gasteiger partial charge in [0.15, 0.2) is 0 Å². The molecular weight excluding hydrogens is 302 g/mol. The van der Waals surface area contributed by atoms with Crippen LogP contribution >= 0.6 is 0 Å². The highest BCUT2D eigenvalue weighted by Gasteiger charge is 2.28. The van der Waals surface area contributed by atoms with E-state index >= 15 is 0 Å². The minimum Gasteiger partial charge on any atom is -0.384 e. The molecule has 2 aromatic rings. The molecule has 1 aromatic carbocycles. The summed E-state index contributed by atoms with van der Waals surface area (Å²) in [6.07, 6.45) is 2.03. The molecule has 0 aliphatic carbocycles. The Labute approximate surface area is 120 Å². The smallest absolute Gasteiger partial charge is 0.341 e.